The van der Waals surface area contributed by atoms with Gasteiger partial charge in [0.25, 0.3) is 0 Å². The molecule has 140 valence electrons. The van der Waals surface area contributed by atoms with Gasteiger partial charge in [-0.05, 0) is 71.7 Å². The van der Waals surface area contributed by atoms with Gasteiger partial charge in [-0.2, -0.15) is 0 Å². The maximum absolute atomic E-state index is 12.3. The second-order valence-electron chi connectivity index (χ2n) is 7.68. The molecule has 1 fully saturated rings. The maximum atomic E-state index is 12.3. The highest BCUT2D eigenvalue weighted by molar-refractivity contribution is 5.68. The maximum Gasteiger partial charge on any atom is 0.410 e. The Morgan fingerprint density at radius 3 is 2.80 bits per heavy atom. The molecule has 6 nitrogen and oxygen atoms in total. The number of carbonyl (C=O) groups is 1. The summed E-state index contributed by atoms with van der Waals surface area (Å²) < 4.78 is 5.48. The quantitative estimate of drug-likeness (QED) is 0.708. The van der Waals surface area contributed by atoms with Crippen molar-refractivity contribution in [3.63, 3.8) is 0 Å². The Labute approximate surface area is 149 Å². The minimum absolute atomic E-state index is 0.0940. The number of ether oxygens (including phenoxy) is 1. The number of phenols is 2. The van der Waals surface area contributed by atoms with Crippen LogP contribution in [-0.2, 0) is 4.74 Å². The van der Waals surface area contributed by atoms with Crippen LogP contribution in [0.4, 0.5) is 4.79 Å². The second-order valence-corrected chi connectivity index (χ2v) is 7.68. The van der Waals surface area contributed by atoms with Crippen LogP contribution in [-0.4, -0.2) is 45.9 Å². The van der Waals surface area contributed by atoms with Crippen LogP contribution < -0.4 is 5.32 Å². The lowest BCUT2D eigenvalue weighted by Crippen LogP contribution is -2.41. The zero-order chi connectivity index (χ0) is 18.6. The van der Waals surface area contributed by atoms with Crippen LogP contribution >= 0.6 is 0 Å². The van der Waals surface area contributed by atoms with E-state index < -0.39 is 5.60 Å². The number of nitrogens with one attached hydrogen (secondary N) is 1. The molecule has 1 heterocycles. The molecule has 6 heteroatoms. The molecular formula is C19H30N2O4. The molecule has 1 aromatic rings. The number of phenolic OH excluding ortho intramolecular Hbond substituents is 2. The van der Waals surface area contributed by atoms with Crippen LogP contribution in [0.25, 0.3) is 0 Å². The lowest BCUT2D eigenvalue weighted by atomic mass is 10.1. The molecule has 0 spiro atoms. The fraction of sp³-hybridized carbons (Fsp3) is 0.632. The molecule has 1 aliphatic heterocycles. The Morgan fingerprint density at radius 1 is 1.40 bits per heavy atom. The largest absolute Gasteiger partial charge is 0.508 e. The highest BCUT2D eigenvalue weighted by Gasteiger charge is 2.31. The summed E-state index contributed by atoms with van der Waals surface area (Å²) in [6, 6.07) is 4.60. The summed E-state index contributed by atoms with van der Waals surface area (Å²) in [4.78, 5) is 14.1. The standard InChI is InChI=1S/C19H30N2O4/c1-13(16-12-15(22)7-8-17(16)23)20-10-9-14-6-5-11-21(14)18(24)25-19(2,3)4/h7-8,12-14,20,22-23H,5-6,9-11H2,1-4H3. The summed E-state index contributed by atoms with van der Waals surface area (Å²) in [5.74, 6) is 0.294. The van der Waals surface area contributed by atoms with Gasteiger partial charge in [-0.15, -0.1) is 0 Å². The number of hydrogen-bond acceptors (Lipinski definition) is 5. The first-order valence-corrected chi connectivity index (χ1v) is 8.92. The molecule has 0 saturated carbocycles. The van der Waals surface area contributed by atoms with Crippen molar-refractivity contribution in [2.24, 2.45) is 0 Å². The van der Waals surface area contributed by atoms with Crippen LogP contribution in [0.3, 0.4) is 0 Å². The molecule has 1 saturated heterocycles. The van der Waals surface area contributed by atoms with Crippen molar-refractivity contribution >= 4 is 6.09 Å². The molecule has 0 bridgehead atoms. The lowest BCUT2D eigenvalue weighted by Gasteiger charge is -2.29. The van der Waals surface area contributed by atoms with Crippen molar-refractivity contribution in [2.45, 2.75) is 64.6 Å². The SMILES string of the molecule is CC(NCCC1CCCN1C(=O)OC(C)(C)C)c1cc(O)ccc1O. The van der Waals surface area contributed by atoms with Crippen LogP contribution in [0.2, 0.25) is 0 Å². The van der Waals surface area contributed by atoms with Gasteiger partial charge in [0.2, 0.25) is 0 Å². The molecule has 0 aromatic heterocycles. The van der Waals surface area contributed by atoms with Crippen molar-refractivity contribution in [2.75, 3.05) is 13.1 Å². The third-order valence-electron chi connectivity index (χ3n) is 4.41. The van der Waals surface area contributed by atoms with Crippen LogP contribution in [0.15, 0.2) is 18.2 Å². The molecule has 1 aliphatic rings. The first kappa shape index (κ1) is 19.4. The Hall–Kier alpha value is -1.95. The van der Waals surface area contributed by atoms with E-state index in [-0.39, 0.29) is 29.7 Å². The molecule has 1 aromatic carbocycles. The zero-order valence-corrected chi connectivity index (χ0v) is 15.6. The number of benzene rings is 1. The molecule has 2 rings (SSSR count). The van der Waals surface area contributed by atoms with Gasteiger partial charge in [-0.1, -0.05) is 0 Å². The summed E-state index contributed by atoms with van der Waals surface area (Å²) in [7, 11) is 0. The monoisotopic (exact) mass is 350 g/mol. The average Bonchev–Trinajstić information content (AvgIpc) is 2.96. The van der Waals surface area contributed by atoms with E-state index in [2.05, 4.69) is 5.32 Å². The van der Waals surface area contributed by atoms with E-state index in [1.54, 1.807) is 6.07 Å². The number of carbonyl (C=O) groups excluding carboxylic acids is 1. The summed E-state index contributed by atoms with van der Waals surface area (Å²) in [5, 5.41) is 22.8. The summed E-state index contributed by atoms with van der Waals surface area (Å²) >= 11 is 0. The molecule has 2 unspecified atom stereocenters. The van der Waals surface area contributed by atoms with Crippen molar-refractivity contribution in [1.29, 1.82) is 0 Å². The topological polar surface area (TPSA) is 82.0 Å². The minimum atomic E-state index is -0.482. The van der Waals surface area contributed by atoms with Gasteiger partial charge in [-0.3, -0.25) is 0 Å². The normalized spacial score (nSPS) is 19.0. The van der Waals surface area contributed by atoms with Gasteiger partial charge < -0.3 is 25.2 Å². The van der Waals surface area contributed by atoms with Gasteiger partial charge in [0, 0.05) is 24.2 Å². The number of nitrogens with zero attached hydrogens (tertiary/aromatic N) is 1. The number of likely N-dealkylation sites (tertiary alicyclic amines) is 1. The van der Waals surface area contributed by atoms with Gasteiger partial charge in [-0.25, -0.2) is 4.79 Å². The van der Waals surface area contributed by atoms with E-state index in [1.165, 1.54) is 12.1 Å². The van der Waals surface area contributed by atoms with Crippen LogP contribution in [0, 0.1) is 0 Å². The number of rotatable bonds is 5. The Kier molecular flexibility index (Phi) is 6.16. The van der Waals surface area contributed by atoms with Crippen molar-refractivity contribution in [3.8, 4) is 11.5 Å². The molecule has 25 heavy (non-hydrogen) atoms. The Balaban J connectivity index is 1.86. The van der Waals surface area contributed by atoms with E-state index in [4.69, 9.17) is 4.74 Å². The molecular weight excluding hydrogens is 320 g/mol. The van der Waals surface area contributed by atoms with Crippen LogP contribution in [0.5, 0.6) is 11.5 Å². The Bertz CT molecular complexity index is 598. The smallest absolute Gasteiger partial charge is 0.410 e. The van der Waals surface area contributed by atoms with Crippen molar-refractivity contribution in [3.05, 3.63) is 23.8 Å². The zero-order valence-electron chi connectivity index (χ0n) is 15.6. The van der Waals surface area contributed by atoms with Crippen LogP contribution in [0.1, 0.15) is 58.6 Å². The molecule has 0 radical (unpaired) electrons. The second kappa shape index (κ2) is 7.95. The Morgan fingerprint density at radius 2 is 2.12 bits per heavy atom. The molecule has 2 atom stereocenters. The third kappa shape index (κ3) is 5.53. The average molecular weight is 350 g/mol. The highest BCUT2D eigenvalue weighted by Crippen LogP contribution is 2.28. The van der Waals surface area contributed by atoms with E-state index in [0.29, 0.717) is 12.1 Å². The first-order valence-electron chi connectivity index (χ1n) is 8.92. The third-order valence-corrected chi connectivity index (χ3v) is 4.41. The summed E-state index contributed by atoms with van der Waals surface area (Å²) in [6.45, 7) is 9.01. The molecule has 1 amide bonds. The van der Waals surface area contributed by atoms with Gasteiger partial charge in [0.15, 0.2) is 0 Å². The predicted molar refractivity (Wildman–Crippen MR) is 96.8 cm³/mol. The summed E-state index contributed by atoms with van der Waals surface area (Å²) in [5.41, 5.74) is 0.180. The van der Waals surface area contributed by atoms with Gasteiger partial charge in [0.05, 0.1) is 0 Å². The summed E-state index contributed by atoms with van der Waals surface area (Å²) in [6.07, 6.45) is 2.55. The molecule has 3 N–H and O–H groups in total. The number of amides is 1. The fourth-order valence-corrected chi connectivity index (χ4v) is 3.16. The predicted octanol–water partition coefficient (Wildman–Crippen LogP) is 3.54. The number of aromatic hydroxyl groups is 2. The van der Waals surface area contributed by atoms with E-state index in [1.807, 2.05) is 32.6 Å². The van der Waals surface area contributed by atoms with E-state index in [9.17, 15) is 15.0 Å². The molecule has 0 aliphatic carbocycles. The van der Waals surface area contributed by atoms with E-state index >= 15 is 0 Å². The number of hydrogen-bond donors (Lipinski definition) is 3. The minimum Gasteiger partial charge on any atom is -0.508 e. The first-order chi connectivity index (χ1) is 11.7. The van der Waals surface area contributed by atoms with Crippen molar-refractivity contribution < 1.29 is 19.7 Å². The lowest BCUT2D eigenvalue weighted by molar-refractivity contribution is 0.0220. The van der Waals surface area contributed by atoms with Gasteiger partial charge >= 0.3 is 6.09 Å². The fourth-order valence-electron chi connectivity index (χ4n) is 3.16. The van der Waals surface area contributed by atoms with Gasteiger partial charge in [0.1, 0.15) is 17.1 Å². The van der Waals surface area contributed by atoms with Crippen molar-refractivity contribution in [1.82, 2.24) is 10.2 Å². The highest BCUT2D eigenvalue weighted by atomic mass is 16.6. The van der Waals surface area contributed by atoms with E-state index in [0.717, 1.165) is 25.8 Å².